The van der Waals surface area contributed by atoms with E-state index in [2.05, 4.69) is 15.7 Å². The van der Waals surface area contributed by atoms with Gasteiger partial charge in [0.15, 0.2) is 0 Å². The summed E-state index contributed by atoms with van der Waals surface area (Å²) in [6.45, 7) is 1.24. The van der Waals surface area contributed by atoms with Crippen molar-refractivity contribution in [2.75, 3.05) is 0 Å². The number of nitrogens with zero attached hydrogens (tertiary/aromatic N) is 3. The molecule has 0 spiro atoms. The van der Waals surface area contributed by atoms with Crippen molar-refractivity contribution in [2.45, 2.75) is 31.8 Å². The van der Waals surface area contributed by atoms with Crippen molar-refractivity contribution in [2.24, 2.45) is 0 Å². The lowest BCUT2D eigenvalue weighted by Gasteiger charge is -2.21. The third-order valence-electron chi connectivity index (χ3n) is 5.30. The molecular weight excluding hydrogens is 398 g/mol. The molecule has 2 N–H and O–H groups in total. The van der Waals surface area contributed by atoms with E-state index in [4.69, 9.17) is 0 Å². The van der Waals surface area contributed by atoms with Crippen molar-refractivity contribution in [1.82, 2.24) is 25.3 Å². The van der Waals surface area contributed by atoms with E-state index in [1.807, 2.05) is 30.3 Å². The van der Waals surface area contributed by atoms with E-state index in [9.17, 15) is 19.2 Å². The fourth-order valence-electron chi connectivity index (χ4n) is 3.53. The smallest absolute Gasteiger partial charge is 0.322 e. The van der Waals surface area contributed by atoms with Gasteiger partial charge in [-0.25, -0.2) is 9.78 Å². The first kappa shape index (κ1) is 20.3. The molecule has 2 heterocycles. The second-order valence-electron chi connectivity index (χ2n) is 7.62. The van der Waals surface area contributed by atoms with Gasteiger partial charge in [0.25, 0.3) is 17.4 Å². The van der Waals surface area contributed by atoms with Crippen LogP contribution in [0.5, 0.6) is 0 Å². The van der Waals surface area contributed by atoms with Crippen molar-refractivity contribution in [1.29, 1.82) is 0 Å². The third-order valence-corrected chi connectivity index (χ3v) is 5.30. The standard InChI is InChI=1S/C22H21N5O4/c1-22(12-11-15-7-3-2-4-8-15)20(30)27(21(31)24-22)25-18(28)13-26-14-23-17-10-6-5-9-16(17)19(26)29/h2-10,14H,11-13H2,1H3,(H,24,31)(H,25,28)/t22-/m0/s1. The van der Waals surface area contributed by atoms with E-state index in [1.54, 1.807) is 31.2 Å². The van der Waals surface area contributed by atoms with Gasteiger partial charge in [-0.3, -0.25) is 24.4 Å². The average Bonchev–Trinajstić information content (AvgIpc) is 2.98. The number of amides is 4. The van der Waals surface area contributed by atoms with Crippen LogP contribution >= 0.6 is 0 Å². The van der Waals surface area contributed by atoms with Crippen molar-refractivity contribution in [3.63, 3.8) is 0 Å². The minimum absolute atomic E-state index is 0.376. The molecular formula is C22H21N5O4. The molecule has 3 aromatic rings. The molecule has 1 saturated heterocycles. The van der Waals surface area contributed by atoms with Crippen LogP contribution in [-0.4, -0.2) is 37.9 Å². The lowest BCUT2D eigenvalue weighted by molar-refractivity contribution is -0.139. The number of para-hydroxylation sites is 1. The molecule has 158 valence electrons. The predicted molar refractivity (Wildman–Crippen MR) is 113 cm³/mol. The fourth-order valence-corrected chi connectivity index (χ4v) is 3.53. The number of urea groups is 1. The Morgan fingerprint density at radius 1 is 1.06 bits per heavy atom. The largest absolute Gasteiger partial charge is 0.344 e. The first-order valence-corrected chi connectivity index (χ1v) is 9.82. The fraction of sp³-hybridized carbons (Fsp3) is 0.227. The molecule has 4 amide bonds. The zero-order chi connectivity index (χ0) is 22.0. The lowest BCUT2D eigenvalue weighted by atomic mass is 9.93. The van der Waals surface area contributed by atoms with Gasteiger partial charge in [0.2, 0.25) is 0 Å². The molecule has 1 aliphatic heterocycles. The van der Waals surface area contributed by atoms with Crippen LogP contribution < -0.4 is 16.3 Å². The Bertz CT molecular complexity index is 1220. The molecule has 4 rings (SSSR count). The summed E-state index contributed by atoms with van der Waals surface area (Å²) in [5, 5.41) is 3.70. The number of rotatable bonds is 6. The number of nitrogens with one attached hydrogen (secondary N) is 2. The Balaban J connectivity index is 1.43. The summed E-state index contributed by atoms with van der Waals surface area (Å²) < 4.78 is 1.13. The Labute approximate surface area is 177 Å². The minimum atomic E-state index is -1.14. The van der Waals surface area contributed by atoms with Crippen LogP contribution in [0.1, 0.15) is 18.9 Å². The second-order valence-corrected chi connectivity index (χ2v) is 7.62. The van der Waals surface area contributed by atoms with Gasteiger partial charge >= 0.3 is 6.03 Å². The van der Waals surface area contributed by atoms with Gasteiger partial charge in [-0.15, -0.1) is 0 Å². The van der Waals surface area contributed by atoms with Crippen LogP contribution in [0.25, 0.3) is 10.9 Å². The third kappa shape index (κ3) is 4.02. The zero-order valence-electron chi connectivity index (χ0n) is 16.9. The normalized spacial score (nSPS) is 18.3. The number of hydrazine groups is 1. The highest BCUT2D eigenvalue weighted by atomic mass is 16.2. The number of carbonyl (C=O) groups is 3. The number of hydrogen-bond acceptors (Lipinski definition) is 5. The zero-order valence-corrected chi connectivity index (χ0v) is 16.9. The maximum Gasteiger partial charge on any atom is 0.344 e. The first-order valence-electron chi connectivity index (χ1n) is 9.82. The summed E-state index contributed by atoms with van der Waals surface area (Å²) in [6.07, 6.45) is 2.23. The van der Waals surface area contributed by atoms with E-state index in [0.29, 0.717) is 28.8 Å². The molecule has 31 heavy (non-hydrogen) atoms. The molecule has 9 nitrogen and oxygen atoms in total. The number of fused-ring (bicyclic) bond motifs is 1. The van der Waals surface area contributed by atoms with Crippen molar-refractivity contribution >= 4 is 28.7 Å². The summed E-state index contributed by atoms with van der Waals surface area (Å²) in [5.41, 5.74) is 2.34. The summed E-state index contributed by atoms with van der Waals surface area (Å²) in [6, 6.07) is 15.7. The first-order chi connectivity index (χ1) is 14.9. The van der Waals surface area contributed by atoms with Crippen molar-refractivity contribution < 1.29 is 14.4 Å². The quantitative estimate of drug-likeness (QED) is 0.586. The predicted octanol–water partition coefficient (Wildman–Crippen LogP) is 1.37. The van der Waals surface area contributed by atoms with Crippen molar-refractivity contribution in [3.8, 4) is 0 Å². The van der Waals surface area contributed by atoms with Gasteiger partial charge in [-0.05, 0) is 37.5 Å². The number of hydrogen-bond donors (Lipinski definition) is 2. The molecule has 1 fully saturated rings. The van der Waals surface area contributed by atoms with Gasteiger partial charge < -0.3 is 5.32 Å². The van der Waals surface area contributed by atoms with E-state index in [0.717, 1.165) is 10.1 Å². The molecule has 0 bridgehead atoms. The molecule has 1 aromatic heterocycles. The monoisotopic (exact) mass is 419 g/mol. The molecule has 0 radical (unpaired) electrons. The van der Waals surface area contributed by atoms with Crippen LogP contribution in [0, 0.1) is 0 Å². The summed E-state index contributed by atoms with van der Waals surface area (Å²) in [5.74, 6) is -1.24. The Kier molecular flexibility index (Phi) is 5.24. The molecule has 9 heteroatoms. The number of aromatic nitrogens is 2. The second kappa shape index (κ2) is 8.02. The van der Waals surface area contributed by atoms with Gasteiger partial charge in [0, 0.05) is 0 Å². The summed E-state index contributed by atoms with van der Waals surface area (Å²) in [7, 11) is 0. The van der Waals surface area contributed by atoms with Crippen LogP contribution in [-0.2, 0) is 22.6 Å². The highest BCUT2D eigenvalue weighted by Gasteiger charge is 2.48. The number of aryl methyl sites for hydroxylation is 1. The van der Waals surface area contributed by atoms with Crippen LogP contribution in [0.15, 0.2) is 65.7 Å². The van der Waals surface area contributed by atoms with Gasteiger partial charge in [0.05, 0.1) is 17.2 Å². The van der Waals surface area contributed by atoms with E-state index < -0.39 is 23.4 Å². The Morgan fingerprint density at radius 3 is 2.55 bits per heavy atom. The molecule has 0 aliphatic carbocycles. The Morgan fingerprint density at radius 2 is 1.77 bits per heavy atom. The van der Waals surface area contributed by atoms with Crippen LogP contribution in [0.4, 0.5) is 4.79 Å². The number of carbonyl (C=O) groups excluding carboxylic acids is 3. The number of benzene rings is 2. The molecule has 0 saturated carbocycles. The maximum absolute atomic E-state index is 12.8. The minimum Gasteiger partial charge on any atom is -0.322 e. The van der Waals surface area contributed by atoms with Gasteiger partial charge in [-0.2, -0.15) is 5.01 Å². The molecule has 1 atom stereocenters. The summed E-state index contributed by atoms with van der Waals surface area (Å²) in [4.78, 5) is 54.3. The topological polar surface area (TPSA) is 113 Å². The van der Waals surface area contributed by atoms with Gasteiger partial charge in [-0.1, -0.05) is 42.5 Å². The van der Waals surface area contributed by atoms with Crippen LogP contribution in [0.3, 0.4) is 0 Å². The van der Waals surface area contributed by atoms with E-state index in [-0.39, 0.29) is 12.1 Å². The van der Waals surface area contributed by atoms with Gasteiger partial charge in [0.1, 0.15) is 12.1 Å². The lowest BCUT2D eigenvalue weighted by Crippen LogP contribution is -2.50. The van der Waals surface area contributed by atoms with E-state index in [1.165, 1.54) is 6.33 Å². The number of imide groups is 1. The summed E-state index contributed by atoms with van der Waals surface area (Å²) >= 11 is 0. The SMILES string of the molecule is C[C@@]1(CCc2ccccc2)NC(=O)N(NC(=O)Cn2cnc3ccccc3c2=O)C1=O. The maximum atomic E-state index is 12.8. The van der Waals surface area contributed by atoms with Crippen LogP contribution in [0.2, 0.25) is 0 Å². The average molecular weight is 419 g/mol. The Hall–Kier alpha value is -4.01. The highest BCUT2D eigenvalue weighted by molar-refractivity contribution is 6.07. The van der Waals surface area contributed by atoms with Crippen molar-refractivity contribution in [3.05, 3.63) is 76.8 Å². The highest BCUT2D eigenvalue weighted by Crippen LogP contribution is 2.22. The molecule has 2 aromatic carbocycles. The molecule has 1 aliphatic rings. The molecule has 0 unspecified atom stereocenters. The van der Waals surface area contributed by atoms with E-state index >= 15 is 0 Å².